The highest BCUT2D eigenvalue weighted by molar-refractivity contribution is 6.32. The standard InChI is InChI=1S/C22H20ClFN2O4/c1-3-9-26-21(27)18(25-22(26)28)11-15-10-17(23)20(19(12-15)29-4-2)30-13-14-5-7-16(24)8-6-14/h3,5-8,10-12H,1,4,9,13H2,2H3,(H,25,28)/b18-11+. The van der Waals surface area contributed by atoms with Crippen LogP contribution in [0.1, 0.15) is 18.1 Å². The predicted molar refractivity (Wildman–Crippen MR) is 112 cm³/mol. The Morgan fingerprint density at radius 1 is 1.20 bits per heavy atom. The third kappa shape index (κ3) is 4.80. The zero-order valence-corrected chi connectivity index (χ0v) is 17.0. The minimum atomic E-state index is -0.512. The van der Waals surface area contributed by atoms with Crippen molar-refractivity contribution in [1.29, 1.82) is 0 Å². The summed E-state index contributed by atoms with van der Waals surface area (Å²) in [4.78, 5) is 25.3. The molecule has 1 saturated heterocycles. The second-order valence-electron chi connectivity index (χ2n) is 6.37. The Hall–Kier alpha value is -3.32. The summed E-state index contributed by atoms with van der Waals surface area (Å²) in [5, 5.41) is 2.80. The minimum absolute atomic E-state index is 0.114. The van der Waals surface area contributed by atoms with Crippen LogP contribution in [0.15, 0.2) is 54.8 Å². The van der Waals surface area contributed by atoms with Crippen LogP contribution >= 0.6 is 11.6 Å². The van der Waals surface area contributed by atoms with Gasteiger partial charge >= 0.3 is 6.03 Å². The fourth-order valence-corrected chi connectivity index (χ4v) is 3.12. The molecule has 0 bridgehead atoms. The molecule has 0 unspecified atom stereocenters. The first-order chi connectivity index (χ1) is 14.4. The summed E-state index contributed by atoms with van der Waals surface area (Å²) in [6.45, 7) is 6.01. The number of benzene rings is 2. The summed E-state index contributed by atoms with van der Waals surface area (Å²) in [6.07, 6.45) is 2.99. The molecule has 3 rings (SSSR count). The van der Waals surface area contributed by atoms with E-state index in [1.54, 1.807) is 24.3 Å². The smallest absolute Gasteiger partial charge is 0.329 e. The van der Waals surface area contributed by atoms with Crippen LogP contribution in [0.2, 0.25) is 5.02 Å². The number of ether oxygens (including phenoxy) is 2. The van der Waals surface area contributed by atoms with E-state index in [9.17, 15) is 14.0 Å². The Balaban J connectivity index is 1.85. The molecule has 1 heterocycles. The number of carbonyl (C=O) groups is 2. The topological polar surface area (TPSA) is 67.9 Å². The minimum Gasteiger partial charge on any atom is -0.490 e. The molecule has 156 valence electrons. The van der Waals surface area contributed by atoms with Gasteiger partial charge in [-0.2, -0.15) is 0 Å². The van der Waals surface area contributed by atoms with Gasteiger partial charge in [-0.05, 0) is 48.4 Å². The third-order valence-electron chi connectivity index (χ3n) is 4.21. The number of amides is 3. The van der Waals surface area contributed by atoms with E-state index in [2.05, 4.69) is 11.9 Å². The lowest BCUT2D eigenvalue weighted by atomic mass is 10.1. The van der Waals surface area contributed by atoms with Crippen molar-refractivity contribution < 1.29 is 23.5 Å². The van der Waals surface area contributed by atoms with Gasteiger partial charge in [-0.3, -0.25) is 9.69 Å². The second-order valence-corrected chi connectivity index (χ2v) is 6.78. The number of nitrogens with zero attached hydrogens (tertiary/aromatic N) is 1. The van der Waals surface area contributed by atoms with Crippen molar-refractivity contribution in [3.63, 3.8) is 0 Å². The molecule has 2 aromatic rings. The van der Waals surface area contributed by atoms with Crippen molar-refractivity contribution in [3.05, 3.63) is 76.7 Å². The van der Waals surface area contributed by atoms with Crippen LogP contribution in [-0.2, 0) is 11.4 Å². The summed E-state index contributed by atoms with van der Waals surface area (Å²) in [7, 11) is 0. The highest BCUT2D eigenvalue weighted by Crippen LogP contribution is 2.38. The monoisotopic (exact) mass is 430 g/mol. The van der Waals surface area contributed by atoms with Crippen LogP contribution < -0.4 is 14.8 Å². The van der Waals surface area contributed by atoms with Crippen LogP contribution in [-0.4, -0.2) is 30.0 Å². The van der Waals surface area contributed by atoms with Crippen molar-refractivity contribution in [2.75, 3.05) is 13.2 Å². The van der Waals surface area contributed by atoms with E-state index in [0.29, 0.717) is 23.7 Å². The van der Waals surface area contributed by atoms with Gasteiger partial charge in [0.2, 0.25) is 0 Å². The Morgan fingerprint density at radius 2 is 1.93 bits per heavy atom. The maximum atomic E-state index is 13.1. The fourth-order valence-electron chi connectivity index (χ4n) is 2.84. The third-order valence-corrected chi connectivity index (χ3v) is 4.49. The van der Waals surface area contributed by atoms with Crippen LogP contribution in [0.25, 0.3) is 6.08 Å². The maximum absolute atomic E-state index is 13.1. The summed E-state index contributed by atoms with van der Waals surface area (Å²) < 4.78 is 24.5. The van der Waals surface area contributed by atoms with Crippen molar-refractivity contribution in [2.45, 2.75) is 13.5 Å². The molecule has 0 spiro atoms. The number of imide groups is 1. The molecule has 8 heteroatoms. The van der Waals surface area contributed by atoms with E-state index in [1.807, 2.05) is 6.92 Å². The molecule has 1 fully saturated rings. The average Bonchev–Trinajstić information content (AvgIpc) is 2.97. The number of hydrogen-bond acceptors (Lipinski definition) is 4. The number of hydrogen-bond donors (Lipinski definition) is 1. The number of urea groups is 1. The highest BCUT2D eigenvalue weighted by Gasteiger charge is 2.32. The Morgan fingerprint density at radius 3 is 2.60 bits per heavy atom. The number of halogens is 2. The Kier molecular flexibility index (Phi) is 6.74. The van der Waals surface area contributed by atoms with Crippen LogP contribution in [0.3, 0.4) is 0 Å². The Labute approximate surface area is 178 Å². The van der Waals surface area contributed by atoms with Gasteiger partial charge in [0.05, 0.1) is 11.6 Å². The van der Waals surface area contributed by atoms with Gasteiger partial charge in [0.1, 0.15) is 18.1 Å². The predicted octanol–water partition coefficient (Wildman–Crippen LogP) is 4.54. The SMILES string of the molecule is C=CCN1C(=O)N/C(=C/c2cc(Cl)c(OCc3ccc(F)cc3)c(OCC)c2)C1=O. The summed E-state index contributed by atoms with van der Waals surface area (Å²) in [6, 6.07) is 8.69. The highest BCUT2D eigenvalue weighted by atomic mass is 35.5. The lowest BCUT2D eigenvalue weighted by Crippen LogP contribution is -2.30. The van der Waals surface area contributed by atoms with Crippen molar-refractivity contribution in [2.24, 2.45) is 0 Å². The van der Waals surface area contributed by atoms with Crippen molar-refractivity contribution in [3.8, 4) is 11.5 Å². The number of carbonyl (C=O) groups excluding carboxylic acids is 2. The van der Waals surface area contributed by atoms with E-state index in [0.717, 1.165) is 10.5 Å². The van der Waals surface area contributed by atoms with E-state index < -0.39 is 11.9 Å². The van der Waals surface area contributed by atoms with Crippen LogP contribution in [0.4, 0.5) is 9.18 Å². The van der Waals surface area contributed by atoms with Gasteiger partial charge < -0.3 is 14.8 Å². The largest absolute Gasteiger partial charge is 0.490 e. The number of nitrogens with one attached hydrogen (secondary N) is 1. The van der Waals surface area contributed by atoms with Gasteiger partial charge in [0.15, 0.2) is 11.5 Å². The van der Waals surface area contributed by atoms with Crippen LogP contribution in [0.5, 0.6) is 11.5 Å². The van der Waals surface area contributed by atoms with Gasteiger partial charge in [-0.1, -0.05) is 29.8 Å². The second kappa shape index (κ2) is 9.45. The summed E-state index contributed by atoms with van der Waals surface area (Å²) in [5.41, 5.74) is 1.45. The zero-order valence-electron chi connectivity index (χ0n) is 16.3. The van der Waals surface area contributed by atoms with Gasteiger partial charge in [0.25, 0.3) is 5.91 Å². The molecule has 6 nitrogen and oxygen atoms in total. The molecule has 2 aromatic carbocycles. The summed E-state index contributed by atoms with van der Waals surface area (Å²) in [5.74, 6) is -0.0613. The lowest BCUT2D eigenvalue weighted by Gasteiger charge is -2.15. The van der Waals surface area contributed by atoms with Gasteiger partial charge in [-0.25, -0.2) is 9.18 Å². The number of rotatable bonds is 8. The van der Waals surface area contributed by atoms with Crippen molar-refractivity contribution >= 4 is 29.6 Å². The van der Waals surface area contributed by atoms with Gasteiger partial charge in [0, 0.05) is 6.54 Å². The molecule has 30 heavy (non-hydrogen) atoms. The summed E-state index contributed by atoms with van der Waals surface area (Å²) >= 11 is 6.40. The zero-order chi connectivity index (χ0) is 21.7. The maximum Gasteiger partial charge on any atom is 0.329 e. The first-order valence-electron chi connectivity index (χ1n) is 9.22. The molecule has 1 aliphatic rings. The molecule has 0 saturated carbocycles. The molecule has 1 aliphatic heterocycles. The molecular weight excluding hydrogens is 411 g/mol. The quantitative estimate of drug-likeness (QED) is 0.379. The average molecular weight is 431 g/mol. The molecule has 1 N–H and O–H groups in total. The molecule has 0 radical (unpaired) electrons. The van der Waals surface area contributed by atoms with Crippen LogP contribution in [0, 0.1) is 5.82 Å². The first kappa shape index (κ1) is 21.4. The van der Waals surface area contributed by atoms with Crippen molar-refractivity contribution in [1.82, 2.24) is 10.2 Å². The molecule has 0 aromatic heterocycles. The van der Waals surface area contributed by atoms with Gasteiger partial charge in [-0.15, -0.1) is 6.58 Å². The molecule has 0 aliphatic carbocycles. The van der Waals surface area contributed by atoms with E-state index >= 15 is 0 Å². The Bertz CT molecular complexity index is 1000. The van der Waals surface area contributed by atoms with E-state index in [4.69, 9.17) is 21.1 Å². The normalized spacial score (nSPS) is 14.8. The fraction of sp³-hybridized carbons (Fsp3) is 0.182. The lowest BCUT2D eigenvalue weighted by molar-refractivity contribution is -0.122. The van der Waals surface area contributed by atoms with E-state index in [-0.39, 0.29) is 29.7 Å². The first-order valence-corrected chi connectivity index (χ1v) is 9.59. The molecular formula is C22H20ClFN2O4. The van der Waals surface area contributed by atoms with E-state index in [1.165, 1.54) is 24.3 Å². The molecule has 3 amide bonds. The molecule has 0 atom stereocenters.